The SMILES string of the molecule is Cc1cc(Cl)c(NC2=NCC(c3ccccc3)S2)cc1Cl. The third-order valence-electron chi connectivity index (χ3n) is 3.32. The average molecular weight is 337 g/mol. The lowest BCUT2D eigenvalue weighted by Crippen LogP contribution is -2.06. The molecule has 21 heavy (non-hydrogen) atoms. The zero-order valence-corrected chi connectivity index (χ0v) is 13.8. The normalized spacial score (nSPS) is 17.7. The van der Waals surface area contributed by atoms with Crippen molar-refractivity contribution in [3.8, 4) is 0 Å². The summed E-state index contributed by atoms with van der Waals surface area (Å²) in [5.41, 5.74) is 3.05. The predicted octanol–water partition coefficient (Wildman–Crippen LogP) is 5.56. The Morgan fingerprint density at radius 1 is 1.14 bits per heavy atom. The van der Waals surface area contributed by atoms with Crippen molar-refractivity contribution in [1.29, 1.82) is 0 Å². The molecule has 1 N–H and O–H groups in total. The molecule has 108 valence electrons. The number of aliphatic imine (C=N–C) groups is 1. The van der Waals surface area contributed by atoms with Crippen LogP contribution in [-0.2, 0) is 0 Å². The quantitative estimate of drug-likeness (QED) is 0.776. The van der Waals surface area contributed by atoms with Crippen LogP contribution >= 0.6 is 35.0 Å². The van der Waals surface area contributed by atoms with Crippen molar-refractivity contribution in [3.05, 3.63) is 63.6 Å². The van der Waals surface area contributed by atoms with Crippen LogP contribution < -0.4 is 5.32 Å². The lowest BCUT2D eigenvalue weighted by molar-refractivity contribution is 0.966. The number of amidine groups is 1. The molecule has 0 aliphatic carbocycles. The van der Waals surface area contributed by atoms with Crippen molar-refractivity contribution in [2.75, 3.05) is 11.9 Å². The molecule has 1 aliphatic rings. The number of benzene rings is 2. The van der Waals surface area contributed by atoms with E-state index in [0.717, 1.165) is 23.0 Å². The van der Waals surface area contributed by atoms with Crippen LogP contribution in [0.1, 0.15) is 16.4 Å². The van der Waals surface area contributed by atoms with Gasteiger partial charge in [0.15, 0.2) is 5.17 Å². The molecule has 0 radical (unpaired) electrons. The third kappa shape index (κ3) is 3.37. The molecule has 1 atom stereocenters. The summed E-state index contributed by atoms with van der Waals surface area (Å²) in [6.07, 6.45) is 0. The maximum atomic E-state index is 6.25. The van der Waals surface area contributed by atoms with Gasteiger partial charge in [0, 0.05) is 5.02 Å². The van der Waals surface area contributed by atoms with E-state index in [4.69, 9.17) is 23.2 Å². The van der Waals surface area contributed by atoms with Crippen LogP contribution in [-0.4, -0.2) is 11.7 Å². The van der Waals surface area contributed by atoms with Crippen LogP contribution in [0.15, 0.2) is 47.5 Å². The minimum Gasteiger partial charge on any atom is -0.334 e. The van der Waals surface area contributed by atoms with Gasteiger partial charge in [0.1, 0.15) is 0 Å². The fourth-order valence-corrected chi connectivity index (χ4v) is 3.60. The average Bonchev–Trinajstić information content (AvgIpc) is 2.94. The molecule has 0 fully saturated rings. The van der Waals surface area contributed by atoms with Gasteiger partial charge in [0.2, 0.25) is 0 Å². The van der Waals surface area contributed by atoms with E-state index in [1.807, 2.05) is 25.1 Å². The number of nitrogens with zero attached hydrogens (tertiary/aromatic N) is 1. The second kappa shape index (κ2) is 6.30. The highest BCUT2D eigenvalue weighted by atomic mass is 35.5. The van der Waals surface area contributed by atoms with E-state index in [9.17, 15) is 0 Å². The van der Waals surface area contributed by atoms with Gasteiger partial charge in [-0.25, -0.2) is 0 Å². The summed E-state index contributed by atoms with van der Waals surface area (Å²) in [6.45, 7) is 2.71. The molecule has 1 aliphatic heterocycles. The number of aryl methyl sites for hydroxylation is 1. The highest BCUT2D eigenvalue weighted by Crippen LogP contribution is 2.37. The van der Waals surface area contributed by atoms with E-state index in [-0.39, 0.29) is 0 Å². The standard InChI is InChI=1S/C16H14Cl2N2S/c1-10-7-13(18)14(8-12(10)17)20-16-19-9-15(21-16)11-5-3-2-4-6-11/h2-8,15H,9H2,1H3,(H,19,20). The van der Waals surface area contributed by atoms with E-state index >= 15 is 0 Å². The summed E-state index contributed by atoms with van der Waals surface area (Å²) in [4.78, 5) is 4.55. The number of hydrogen-bond donors (Lipinski definition) is 1. The largest absolute Gasteiger partial charge is 0.334 e. The fraction of sp³-hybridized carbons (Fsp3) is 0.188. The van der Waals surface area contributed by atoms with Gasteiger partial charge in [-0.1, -0.05) is 65.3 Å². The van der Waals surface area contributed by atoms with Crippen molar-refractivity contribution in [1.82, 2.24) is 0 Å². The van der Waals surface area contributed by atoms with Crippen molar-refractivity contribution in [3.63, 3.8) is 0 Å². The van der Waals surface area contributed by atoms with Gasteiger partial charge in [-0.3, -0.25) is 4.99 Å². The molecule has 1 heterocycles. The number of rotatable bonds is 2. The molecule has 3 rings (SSSR count). The van der Waals surface area contributed by atoms with Crippen LogP contribution in [0.25, 0.3) is 0 Å². The molecule has 5 heteroatoms. The molecule has 2 aromatic carbocycles. The maximum Gasteiger partial charge on any atom is 0.161 e. The van der Waals surface area contributed by atoms with Gasteiger partial charge < -0.3 is 5.32 Å². The van der Waals surface area contributed by atoms with Gasteiger partial charge in [-0.15, -0.1) is 0 Å². The van der Waals surface area contributed by atoms with Crippen LogP contribution in [0.3, 0.4) is 0 Å². The molecular weight excluding hydrogens is 323 g/mol. The summed E-state index contributed by atoms with van der Waals surface area (Å²) in [5, 5.41) is 5.86. The second-order valence-corrected chi connectivity index (χ2v) is 6.88. The Balaban J connectivity index is 1.72. The Labute approximate surface area is 138 Å². The summed E-state index contributed by atoms with van der Waals surface area (Å²) in [5.74, 6) is 0. The van der Waals surface area contributed by atoms with Crippen LogP contribution in [0.2, 0.25) is 10.0 Å². The van der Waals surface area contributed by atoms with Gasteiger partial charge >= 0.3 is 0 Å². The minimum atomic E-state index is 0.355. The Kier molecular flexibility index (Phi) is 4.43. The Hall–Kier alpha value is -1.16. The second-order valence-electron chi connectivity index (χ2n) is 4.87. The van der Waals surface area contributed by atoms with Gasteiger partial charge in [0.05, 0.1) is 22.5 Å². The fourth-order valence-electron chi connectivity index (χ4n) is 2.14. The summed E-state index contributed by atoms with van der Waals surface area (Å²) >= 11 is 14.1. The first-order chi connectivity index (χ1) is 10.1. The molecule has 0 bridgehead atoms. The molecule has 2 nitrogen and oxygen atoms in total. The molecule has 0 aromatic heterocycles. The van der Waals surface area contributed by atoms with E-state index in [1.54, 1.807) is 11.8 Å². The van der Waals surface area contributed by atoms with Gasteiger partial charge in [-0.2, -0.15) is 0 Å². The number of halogens is 2. The third-order valence-corrected chi connectivity index (χ3v) is 5.20. The predicted molar refractivity (Wildman–Crippen MR) is 93.9 cm³/mol. The first kappa shape index (κ1) is 14.8. The molecule has 0 spiro atoms. The van der Waals surface area contributed by atoms with Crippen LogP contribution in [0, 0.1) is 6.92 Å². The molecule has 1 unspecified atom stereocenters. The van der Waals surface area contributed by atoms with Crippen LogP contribution in [0.5, 0.6) is 0 Å². The zero-order valence-electron chi connectivity index (χ0n) is 11.4. The molecule has 0 amide bonds. The van der Waals surface area contributed by atoms with Gasteiger partial charge in [-0.05, 0) is 30.2 Å². The van der Waals surface area contributed by atoms with Crippen molar-refractivity contribution in [2.24, 2.45) is 4.99 Å². The summed E-state index contributed by atoms with van der Waals surface area (Å²) in [6, 6.07) is 14.1. The molecular formula is C16H14Cl2N2S. The molecule has 0 saturated heterocycles. The zero-order chi connectivity index (χ0) is 14.8. The Morgan fingerprint density at radius 2 is 1.90 bits per heavy atom. The highest BCUT2D eigenvalue weighted by molar-refractivity contribution is 8.14. The van der Waals surface area contributed by atoms with E-state index in [1.165, 1.54) is 5.56 Å². The molecule has 2 aromatic rings. The van der Waals surface area contributed by atoms with Crippen molar-refractivity contribution >= 4 is 45.8 Å². The van der Waals surface area contributed by atoms with Crippen LogP contribution in [0.4, 0.5) is 5.69 Å². The summed E-state index contributed by atoms with van der Waals surface area (Å²) in [7, 11) is 0. The number of hydrogen-bond acceptors (Lipinski definition) is 3. The lowest BCUT2D eigenvalue weighted by Gasteiger charge is -2.11. The van der Waals surface area contributed by atoms with Crippen molar-refractivity contribution in [2.45, 2.75) is 12.2 Å². The lowest BCUT2D eigenvalue weighted by atomic mass is 10.1. The minimum absolute atomic E-state index is 0.355. The number of thioether (sulfide) groups is 1. The monoisotopic (exact) mass is 336 g/mol. The van der Waals surface area contributed by atoms with Gasteiger partial charge in [0.25, 0.3) is 0 Å². The van der Waals surface area contributed by atoms with E-state index < -0.39 is 0 Å². The van der Waals surface area contributed by atoms with Crippen molar-refractivity contribution < 1.29 is 0 Å². The Bertz CT molecular complexity index is 686. The Morgan fingerprint density at radius 3 is 2.67 bits per heavy atom. The summed E-state index contributed by atoms with van der Waals surface area (Å²) < 4.78 is 0. The van der Waals surface area contributed by atoms with E-state index in [0.29, 0.717) is 15.3 Å². The molecule has 0 saturated carbocycles. The first-order valence-electron chi connectivity index (χ1n) is 6.62. The number of nitrogens with one attached hydrogen (secondary N) is 1. The smallest absolute Gasteiger partial charge is 0.161 e. The topological polar surface area (TPSA) is 24.4 Å². The van der Waals surface area contributed by atoms with E-state index in [2.05, 4.69) is 34.6 Å². The first-order valence-corrected chi connectivity index (χ1v) is 8.26. The maximum absolute atomic E-state index is 6.25. The number of anilines is 1. The highest BCUT2D eigenvalue weighted by Gasteiger charge is 2.21.